The van der Waals surface area contributed by atoms with Crippen molar-refractivity contribution in [3.8, 4) is 5.75 Å². The second-order valence-electron chi connectivity index (χ2n) is 4.65. The fourth-order valence-corrected chi connectivity index (χ4v) is 2.28. The minimum Gasteiger partial charge on any atom is -0.494 e. The molecule has 4 nitrogen and oxygen atoms in total. The molecule has 0 aromatic heterocycles. The molecule has 19 heavy (non-hydrogen) atoms. The van der Waals surface area contributed by atoms with Crippen molar-refractivity contribution in [2.24, 2.45) is 0 Å². The van der Waals surface area contributed by atoms with Crippen molar-refractivity contribution in [3.05, 3.63) is 29.8 Å². The minimum absolute atomic E-state index is 0.240. The van der Waals surface area contributed by atoms with E-state index in [1.165, 1.54) is 11.8 Å². The van der Waals surface area contributed by atoms with Gasteiger partial charge in [0.25, 0.3) is 0 Å². The summed E-state index contributed by atoms with van der Waals surface area (Å²) in [6, 6.07) is 7.97. The first-order valence-corrected chi connectivity index (χ1v) is 8.67. The molecule has 0 bridgehead atoms. The maximum absolute atomic E-state index is 10.9. The van der Waals surface area contributed by atoms with Crippen LogP contribution in [0.2, 0.25) is 0 Å². The third kappa shape index (κ3) is 7.85. The molecule has 108 valence electrons. The molecule has 0 aliphatic heterocycles. The predicted octanol–water partition coefficient (Wildman–Crippen LogP) is 2.00. The van der Waals surface area contributed by atoms with Crippen molar-refractivity contribution in [3.63, 3.8) is 0 Å². The molecule has 5 heteroatoms. The summed E-state index contributed by atoms with van der Waals surface area (Å²) in [4.78, 5) is 0. The number of nitrogens with one attached hydrogen (secondary N) is 1. The van der Waals surface area contributed by atoms with E-state index in [1.54, 1.807) is 0 Å². The van der Waals surface area contributed by atoms with Gasteiger partial charge in [-0.15, -0.1) is 0 Å². The predicted molar refractivity (Wildman–Crippen MR) is 78.3 cm³/mol. The van der Waals surface area contributed by atoms with Crippen LogP contribution in [0.4, 0.5) is 0 Å². The molecule has 0 aliphatic carbocycles. The summed E-state index contributed by atoms with van der Waals surface area (Å²) in [6.45, 7) is 4.27. The van der Waals surface area contributed by atoms with E-state index >= 15 is 0 Å². The molecular formula is C14H23NO3S. The summed E-state index contributed by atoms with van der Waals surface area (Å²) in [7, 11) is -2.84. The Balaban J connectivity index is 2.22. The van der Waals surface area contributed by atoms with Crippen molar-refractivity contribution < 1.29 is 13.2 Å². The van der Waals surface area contributed by atoms with Crippen LogP contribution < -0.4 is 10.1 Å². The Labute approximate surface area is 116 Å². The van der Waals surface area contributed by atoms with Crippen molar-refractivity contribution in [1.29, 1.82) is 0 Å². The average molecular weight is 285 g/mol. The molecule has 0 radical (unpaired) electrons. The molecule has 0 saturated heterocycles. The normalized spacial score (nSPS) is 11.5. The summed E-state index contributed by atoms with van der Waals surface area (Å²) >= 11 is 0. The molecule has 0 unspecified atom stereocenters. The lowest BCUT2D eigenvalue weighted by Gasteiger charge is -2.07. The van der Waals surface area contributed by atoms with E-state index in [9.17, 15) is 8.42 Å². The molecule has 1 aromatic rings. The summed E-state index contributed by atoms with van der Waals surface area (Å²) in [5, 5.41) is 3.23. The Bertz CT molecular complexity index is 454. The SMILES string of the molecule is CCCOc1ccc(CNCCCS(C)(=O)=O)cc1. The molecule has 0 fully saturated rings. The molecule has 0 aliphatic rings. The van der Waals surface area contributed by atoms with Gasteiger partial charge in [-0.3, -0.25) is 0 Å². The highest BCUT2D eigenvalue weighted by Gasteiger charge is 2.01. The van der Waals surface area contributed by atoms with Gasteiger partial charge >= 0.3 is 0 Å². The van der Waals surface area contributed by atoms with Crippen LogP contribution in [0.5, 0.6) is 5.75 Å². The molecule has 0 saturated carbocycles. The van der Waals surface area contributed by atoms with Gasteiger partial charge in [0, 0.05) is 12.8 Å². The number of hydrogen-bond acceptors (Lipinski definition) is 4. The van der Waals surface area contributed by atoms with Crippen molar-refractivity contribution in [2.45, 2.75) is 26.3 Å². The van der Waals surface area contributed by atoms with Crippen LogP contribution in [0, 0.1) is 0 Å². The topological polar surface area (TPSA) is 55.4 Å². The van der Waals surface area contributed by atoms with E-state index in [0.717, 1.165) is 25.3 Å². The quantitative estimate of drug-likeness (QED) is 0.705. The number of ether oxygens (including phenoxy) is 1. The Kier molecular flexibility index (Phi) is 6.87. The van der Waals surface area contributed by atoms with Crippen LogP contribution in [0.3, 0.4) is 0 Å². The van der Waals surface area contributed by atoms with Crippen LogP contribution >= 0.6 is 0 Å². The molecule has 1 rings (SSSR count). The lowest BCUT2D eigenvalue weighted by molar-refractivity contribution is 0.317. The largest absolute Gasteiger partial charge is 0.494 e. The standard InChI is InChI=1S/C14H23NO3S/c1-3-10-18-14-7-5-13(6-8-14)12-15-9-4-11-19(2,16)17/h5-8,15H,3-4,9-12H2,1-2H3. The zero-order valence-electron chi connectivity index (χ0n) is 11.7. The Morgan fingerprint density at radius 3 is 2.47 bits per heavy atom. The Morgan fingerprint density at radius 1 is 1.21 bits per heavy atom. The number of hydrogen-bond donors (Lipinski definition) is 1. The lowest BCUT2D eigenvalue weighted by atomic mass is 10.2. The third-order valence-corrected chi connectivity index (χ3v) is 3.62. The van der Waals surface area contributed by atoms with Gasteiger partial charge in [0.1, 0.15) is 15.6 Å². The number of rotatable bonds is 9. The summed E-state index contributed by atoms with van der Waals surface area (Å²) in [5.41, 5.74) is 1.17. The van der Waals surface area contributed by atoms with Gasteiger partial charge in [-0.1, -0.05) is 19.1 Å². The molecule has 0 atom stereocenters. The number of benzene rings is 1. The molecule has 0 spiro atoms. The summed E-state index contributed by atoms with van der Waals surface area (Å²) < 4.78 is 27.4. The smallest absolute Gasteiger partial charge is 0.147 e. The van der Waals surface area contributed by atoms with E-state index in [-0.39, 0.29) is 5.75 Å². The fourth-order valence-electron chi connectivity index (χ4n) is 1.62. The third-order valence-electron chi connectivity index (χ3n) is 2.59. The van der Waals surface area contributed by atoms with E-state index in [1.807, 2.05) is 24.3 Å². The van der Waals surface area contributed by atoms with Gasteiger partial charge in [-0.05, 0) is 37.1 Å². The van der Waals surface area contributed by atoms with E-state index in [4.69, 9.17) is 4.74 Å². The highest BCUT2D eigenvalue weighted by Crippen LogP contribution is 2.12. The maximum atomic E-state index is 10.9. The van der Waals surface area contributed by atoms with Gasteiger partial charge in [-0.25, -0.2) is 8.42 Å². The van der Waals surface area contributed by atoms with Crippen LogP contribution in [-0.2, 0) is 16.4 Å². The first-order chi connectivity index (χ1) is 9.01. The van der Waals surface area contributed by atoms with Gasteiger partial charge in [0.15, 0.2) is 0 Å². The van der Waals surface area contributed by atoms with Gasteiger partial charge in [0.05, 0.1) is 12.4 Å². The van der Waals surface area contributed by atoms with Crippen molar-refractivity contribution in [2.75, 3.05) is 25.2 Å². The monoisotopic (exact) mass is 285 g/mol. The van der Waals surface area contributed by atoms with Crippen LogP contribution in [0.1, 0.15) is 25.3 Å². The lowest BCUT2D eigenvalue weighted by Crippen LogP contribution is -2.17. The highest BCUT2D eigenvalue weighted by molar-refractivity contribution is 7.90. The second kappa shape index (κ2) is 8.17. The van der Waals surface area contributed by atoms with Gasteiger partial charge in [-0.2, -0.15) is 0 Å². The van der Waals surface area contributed by atoms with E-state index < -0.39 is 9.84 Å². The molecule has 0 heterocycles. The Hall–Kier alpha value is -1.07. The summed E-state index contributed by atoms with van der Waals surface area (Å²) in [6.07, 6.45) is 2.92. The van der Waals surface area contributed by atoms with Crippen molar-refractivity contribution >= 4 is 9.84 Å². The first-order valence-electron chi connectivity index (χ1n) is 6.61. The summed E-state index contributed by atoms with van der Waals surface area (Å²) in [5.74, 6) is 1.13. The molecular weight excluding hydrogens is 262 g/mol. The molecule has 0 amide bonds. The minimum atomic E-state index is -2.84. The van der Waals surface area contributed by atoms with Crippen molar-refractivity contribution in [1.82, 2.24) is 5.32 Å². The zero-order chi connectivity index (χ0) is 14.1. The number of sulfone groups is 1. The van der Waals surface area contributed by atoms with E-state index in [2.05, 4.69) is 12.2 Å². The maximum Gasteiger partial charge on any atom is 0.147 e. The highest BCUT2D eigenvalue weighted by atomic mass is 32.2. The van der Waals surface area contributed by atoms with Crippen LogP contribution in [0.15, 0.2) is 24.3 Å². The van der Waals surface area contributed by atoms with Crippen LogP contribution in [-0.4, -0.2) is 33.6 Å². The zero-order valence-corrected chi connectivity index (χ0v) is 12.5. The average Bonchev–Trinajstić information content (AvgIpc) is 2.36. The molecule has 1 aromatic carbocycles. The van der Waals surface area contributed by atoms with E-state index in [0.29, 0.717) is 13.0 Å². The second-order valence-corrected chi connectivity index (χ2v) is 6.91. The first kappa shape index (κ1) is 16.0. The van der Waals surface area contributed by atoms with Gasteiger partial charge < -0.3 is 10.1 Å². The van der Waals surface area contributed by atoms with Gasteiger partial charge in [0.2, 0.25) is 0 Å². The van der Waals surface area contributed by atoms with Crippen LogP contribution in [0.25, 0.3) is 0 Å². The fraction of sp³-hybridized carbons (Fsp3) is 0.571. The Morgan fingerprint density at radius 2 is 1.89 bits per heavy atom. The molecule has 1 N–H and O–H groups in total.